The van der Waals surface area contributed by atoms with Crippen molar-refractivity contribution in [2.45, 2.75) is 32.6 Å². The molecule has 0 bridgehead atoms. The molecule has 0 aromatic heterocycles. The summed E-state index contributed by atoms with van der Waals surface area (Å²) in [5.74, 6) is 1.47. The first-order chi connectivity index (χ1) is 12.2. The Hall–Kier alpha value is -1.39. The molecule has 0 saturated carbocycles. The van der Waals surface area contributed by atoms with E-state index < -0.39 is 0 Å². The molecule has 1 amide bonds. The minimum atomic E-state index is 0.344. The van der Waals surface area contributed by atoms with E-state index in [1.807, 2.05) is 0 Å². The highest BCUT2D eigenvalue weighted by atomic mass is 16.2. The van der Waals surface area contributed by atoms with Crippen molar-refractivity contribution in [2.24, 2.45) is 5.92 Å². The number of likely N-dealkylation sites (tertiary alicyclic amines) is 1. The number of hydrogen-bond donors (Lipinski definition) is 0. The molecule has 2 atom stereocenters. The molecule has 2 fully saturated rings. The fraction of sp³-hybridized carbons (Fsp3) is 0.667. The molecule has 2 heterocycles. The van der Waals surface area contributed by atoms with Crippen molar-refractivity contribution in [3.8, 4) is 0 Å². The smallest absolute Gasteiger partial charge is 0.223 e. The second kappa shape index (κ2) is 8.81. The molecule has 4 heteroatoms. The number of nitrogens with zero attached hydrogens (tertiary/aromatic N) is 3. The summed E-state index contributed by atoms with van der Waals surface area (Å²) in [5.41, 5.74) is 1.43. The maximum absolute atomic E-state index is 12.6. The van der Waals surface area contributed by atoms with Gasteiger partial charge in [-0.25, -0.2) is 0 Å². The zero-order chi connectivity index (χ0) is 17.6. The average Bonchev–Trinajstić information content (AvgIpc) is 2.67. The Labute approximate surface area is 152 Å². The van der Waals surface area contributed by atoms with Crippen LogP contribution in [0.25, 0.3) is 0 Å². The average molecular weight is 344 g/mol. The highest BCUT2D eigenvalue weighted by Gasteiger charge is 2.29. The number of likely N-dealkylation sites (N-methyl/N-ethyl adjacent to an activating group) is 1. The topological polar surface area (TPSA) is 26.8 Å². The van der Waals surface area contributed by atoms with E-state index in [0.29, 0.717) is 24.2 Å². The van der Waals surface area contributed by atoms with Gasteiger partial charge in [-0.2, -0.15) is 0 Å². The second-order valence-electron chi connectivity index (χ2n) is 7.65. The Morgan fingerprint density at radius 2 is 1.72 bits per heavy atom. The van der Waals surface area contributed by atoms with Crippen LogP contribution in [0.5, 0.6) is 0 Å². The molecule has 25 heavy (non-hydrogen) atoms. The number of amides is 1. The Balaban J connectivity index is 1.43. The molecule has 0 spiro atoms. The predicted molar refractivity (Wildman–Crippen MR) is 103 cm³/mol. The highest BCUT2D eigenvalue weighted by Crippen LogP contribution is 2.32. The third kappa shape index (κ3) is 4.83. The van der Waals surface area contributed by atoms with Crippen LogP contribution in [0.1, 0.15) is 38.2 Å². The minimum absolute atomic E-state index is 0.344. The molecule has 3 rings (SSSR count). The van der Waals surface area contributed by atoms with Gasteiger partial charge in [-0.15, -0.1) is 0 Å². The van der Waals surface area contributed by atoms with Gasteiger partial charge in [0.2, 0.25) is 5.91 Å². The zero-order valence-corrected chi connectivity index (χ0v) is 15.9. The lowest BCUT2D eigenvalue weighted by Crippen LogP contribution is -2.48. The van der Waals surface area contributed by atoms with E-state index in [-0.39, 0.29) is 0 Å². The van der Waals surface area contributed by atoms with Gasteiger partial charge in [-0.05, 0) is 30.4 Å². The predicted octanol–water partition coefficient (Wildman–Crippen LogP) is 2.67. The largest absolute Gasteiger partial charge is 0.342 e. The van der Waals surface area contributed by atoms with Crippen LogP contribution in [0.2, 0.25) is 0 Å². The van der Waals surface area contributed by atoms with E-state index in [2.05, 4.69) is 58.9 Å². The number of piperidine rings is 1. The van der Waals surface area contributed by atoms with Crippen LogP contribution in [0.3, 0.4) is 0 Å². The molecule has 1 aromatic rings. The van der Waals surface area contributed by atoms with Gasteiger partial charge in [0.05, 0.1) is 0 Å². The van der Waals surface area contributed by atoms with Crippen molar-refractivity contribution < 1.29 is 4.79 Å². The minimum Gasteiger partial charge on any atom is -0.342 e. The van der Waals surface area contributed by atoms with Crippen LogP contribution in [-0.4, -0.2) is 73.0 Å². The summed E-state index contributed by atoms with van der Waals surface area (Å²) < 4.78 is 0. The van der Waals surface area contributed by atoms with Crippen LogP contribution in [0, 0.1) is 5.92 Å². The lowest BCUT2D eigenvalue weighted by molar-refractivity contribution is -0.133. The summed E-state index contributed by atoms with van der Waals surface area (Å²) >= 11 is 0. The van der Waals surface area contributed by atoms with Crippen LogP contribution in [-0.2, 0) is 4.79 Å². The third-order valence-corrected chi connectivity index (χ3v) is 6.04. The van der Waals surface area contributed by atoms with E-state index in [0.717, 1.165) is 58.8 Å². The Morgan fingerprint density at radius 1 is 1.04 bits per heavy atom. The molecular weight excluding hydrogens is 310 g/mol. The summed E-state index contributed by atoms with van der Waals surface area (Å²) in [7, 11) is 0. The molecule has 2 aliphatic heterocycles. The van der Waals surface area contributed by atoms with Gasteiger partial charge in [0.25, 0.3) is 0 Å². The van der Waals surface area contributed by atoms with Crippen molar-refractivity contribution in [2.75, 3.05) is 52.4 Å². The van der Waals surface area contributed by atoms with Crippen LogP contribution < -0.4 is 0 Å². The molecule has 4 nitrogen and oxygen atoms in total. The maximum Gasteiger partial charge on any atom is 0.223 e. The fourth-order valence-corrected chi connectivity index (χ4v) is 4.31. The van der Waals surface area contributed by atoms with Gasteiger partial charge in [0.15, 0.2) is 0 Å². The van der Waals surface area contributed by atoms with Crippen LogP contribution in [0.15, 0.2) is 30.3 Å². The SMILES string of the molecule is CCN1CCN(CCC(=O)N2CC[C@@H](c3ccccc3)[C@H](C)C2)CC1. The number of hydrogen-bond acceptors (Lipinski definition) is 3. The molecule has 0 radical (unpaired) electrons. The molecule has 0 aliphatic carbocycles. The van der Waals surface area contributed by atoms with Gasteiger partial charge in [-0.1, -0.05) is 44.2 Å². The van der Waals surface area contributed by atoms with Crippen LogP contribution >= 0.6 is 0 Å². The van der Waals surface area contributed by atoms with E-state index >= 15 is 0 Å². The number of piperazine rings is 1. The van der Waals surface area contributed by atoms with E-state index in [1.54, 1.807) is 0 Å². The maximum atomic E-state index is 12.6. The van der Waals surface area contributed by atoms with Crippen molar-refractivity contribution in [3.05, 3.63) is 35.9 Å². The lowest BCUT2D eigenvalue weighted by Gasteiger charge is -2.38. The first-order valence-corrected chi connectivity index (χ1v) is 9.94. The van der Waals surface area contributed by atoms with Crippen molar-refractivity contribution >= 4 is 5.91 Å². The monoisotopic (exact) mass is 343 g/mol. The Morgan fingerprint density at radius 3 is 2.36 bits per heavy atom. The van der Waals surface area contributed by atoms with Gasteiger partial charge in [0, 0.05) is 52.2 Å². The molecule has 2 saturated heterocycles. The van der Waals surface area contributed by atoms with E-state index in [4.69, 9.17) is 0 Å². The summed E-state index contributed by atoms with van der Waals surface area (Å²) in [6.45, 7) is 12.9. The number of carbonyl (C=O) groups excluding carboxylic acids is 1. The third-order valence-electron chi connectivity index (χ3n) is 6.04. The summed E-state index contributed by atoms with van der Waals surface area (Å²) in [6.07, 6.45) is 1.76. The normalized spacial score (nSPS) is 25.9. The Bertz CT molecular complexity index is 539. The first kappa shape index (κ1) is 18.4. The van der Waals surface area contributed by atoms with Crippen molar-refractivity contribution in [1.82, 2.24) is 14.7 Å². The molecule has 0 N–H and O–H groups in total. The van der Waals surface area contributed by atoms with Crippen molar-refractivity contribution in [3.63, 3.8) is 0 Å². The van der Waals surface area contributed by atoms with Crippen molar-refractivity contribution in [1.29, 1.82) is 0 Å². The fourth-order valence-electron chi connectivity index (χ4n) is 4.31. The summed E-state index contributed by atoms with van der Waals surface area (Å²) in [5, 5.41) is 0. The number of benzene rings is 1. The lowest BCUT2D eigenvalue weighted by atomic mass is 9.81. The molecule has 0 unspecified atom stereocenters. The highest BCUT2D eigenvalue weighted by molar-refractivity contribution is 5.76. The first-order valence-electron chi connectivity index (χ1n) is 9.94. The van der Waals surface area contributed by atoms with Gasteiger partial charge in [0.1, 0.15) is 0 Å². The number of rotatable bonds is 5. The van der Waals surface area contributed by atoms with E-state index in [9.17, 15) is 4.79 Å². The van der Waals surface area contributed by atoms with E-state index in [1.165, 1.54) is 5.56 Å². The van der Waals surface area contributed by atoms with Gasteiger partial charge in [-0.3, -0.25) is 4.79 Å². The van der Waals surface area contributed by atoms with Gasteiger partial charge >= 0.3 is 0 Å². The molecule has 138 valence electrons. The molecular formula is C21H33N3O. The summed E-state index contributed by atoms with van der Waals surface area (Å²) in [4.78, 5) is 19.7. The quantitative estimate of drug-likeness (QED) is 0.822. The molecule has 1 aromatic carbocycles. The van der Waals surface area contributed by atoms with Gasteiger partial charge < -0.3 is 14.7 Å². The Kier molecular flexibility index (Phi) is 6.49. The zero-order valence-electron chi connectivity index (χ0n) is 15.9. The summed E-state index contributed by atoms with van der Waals surface area (Å²) in [6, 6.07) is 10.8. The standard InChI is InChI=1S/C21H33N3O/c1-3-22-13-15-23(16-14-22)11-10-21(25)24-12-9-20(18(2)17-24)19-7-5-4-6-8-19/h4-8,18,20H,3,9-17H2,1-2H3/t18-,20-/m1/s1. The second-order valence-corrected chi connectivity index (χ2v) is 7.65. The molecule has 2 aliphatic rings. The van der Waals surface area contributed by atoms with Crippen LogP contribution in [0.4, 0.5) is 0 Å². The number of carbonyl (C=O) groups is 1.